The van der Waals surface area contributed by atoms with Gasteiger partial charge < -0.3 is 10.1 Å². The fourth-order valence-electron chi connectivity index (χ4n) is 2.26. The van der Waals surface area contributed by atoms with Gasteiger partial charge in [-0.25, -0.2) is 0 Å². The fraction of sp³-hybridized carbons (Fsp3) is 0.316. The van der Waals surface area contributed by atoms with Crippen molar-refractivity contribution >= 4 is 11.9 Å². The SMILES string of the molecule is Cc1ccc(C(=O)NC(CC(=O)OC(C)C)c2ccccc2)cn1. The molecule has 1 amide bonds. The number of aromatic nitrogens is 1. The van der Waals surface area contributed by atoms with Gasteiger partial charge in [-0.1, -0.05) is 30.3 Å². The van der Waals surface area contributed by atoms with Gasteiger partial charge in [-0.3, -0.25) is 14.6 Å². The summed E-state index contributed by atoms with van der Waals surface area (Å²) in [5.41, 5.74) is 2.15. The van der Waals surface area contributed by atoms with Crippen molar-refractivity contribution in [3.8, 4) is 0 Å². The molecule has 0 bridgehead atoms. The van der Waals surface area contributed by atoms with Crippen molar-refractivity contribution in [2.24, 2.45) is 0 Å². The Labute approximate surface area is 142 Å². The van der Waals surface area contributed by atoms with Crippen molar-refractivity contribution in [1.29, 1.82) is 0 Å². The van der Waals surface area contributed by atoms with Gasteiger partial charge in [0.2, 0.25) is 0 Å². The van der Waals surface area contributed by atoms with Gasteiger partial charge in [-0.2, -0.15) is 0 Å². The van der Waals surface area contributed by atoms with Crippen LogP contribution in [0.25, 0.3) is 0 Å². The molecular formula is C19H22N2O3. The van der Waals surface area contributed by atoms with Crippen LogP contribution in [0.15, 0.2) is 48.7 Å². The molecular weight excluding hydrogens is 304 g/mol. The number of carbonyl (C=O) groups excluding carboxylic acids is 2. The molecule has 0 aliphatic heterocycles. The molecule has 1 atom stereocenters. The van der Waals surface area contributed by atoms with Gasteiger partial charge in [0.1, 0.15) is 0 Å². The summed E-state index contributed by atoms with van der Waals surface area (Å²) >= 11 is 0. The lowest BCUT2D eigenvalue weighted by Gasteiger charge is -2.19. The van der Waals surface area contributed by atoms with Gasteiger partial charge in [-0.05, 0) is 38.5 Å². The third-order valence-corrected chi connectivity index (χ3v) is 3.42. The standard InChI is InChI=1S/C19H22N2O3/c1-13(2)24-18(22)11-17(15-7-5-4-6-8-15)21-19(23)16-10-9-14(3)20-12-16/h4-10,12-13,17H,11H2,1-3H3,(H,21,23). The quantitative estimate of drug-likeness (QED) is 0.828. The number of hydrogen-bond donors (Lipinski definition) is 1. The number of nitrogens with one attached hydrogen (secondary N) is 1. The van der Waals surface area contributed by atoms with E-state index in [1.54, 1.807) is 26.0 Å². The second-order valence-corrected chi connectivity index (χ2v) is 5.87. The molecule has 1 aromatic carbocycles. The molecule has 0 aliphatic carbocycles. The molecule has 0 saturated heterocycles. The fourth-order valence-corrected chi connectivity index (χ4v) is 2.26. The second-order valence-electron chi connectivity index (χ2n) is 5.87. The van der Waals surface area contributed by atoms with Gasteiger partial charge >= 0.3 is 5.97 Å². The average molecular weight is 326 g/mol. The van der Waals surface area contributed by atoms with Crippen LogP contribution >= 0.6 is 0 Å². The van der Waals surface area contributed by atoms with Gasteiger partial charge in [-0.15, -0.1) is 0 Å². The molecule has 2 rings (SSSR count). The van der Waals surface area contributed by atoms with E-state index >= 15 is 0 Å². The minimum absolute atomic E-state index is 0.0766. The predicted molar refractivity (Wildman–Crippen MR) is 91.5 cm³/mol. The first kappa shape index (κ1) is 17.7. The second kappa shape index (κ2) is 8.24. The normalized spacial score (nSPS) is 11.8. The van der Waals surface area contributed by atoms with Gasteiger partial charge in [0, 0.05) is 11.9 Å². The van der Waals surface area contributed by atoms with E-state index in [0.29, 0.717) is 5.56 Å². The van der Waals surface area contributed by atoms with Crippen LogP contribution in [0.1, 0.15) is 47.9 Å². The number of aryl methyl sites for hydroxylation is 1. The van der Waals surface area contributed by atoms with E-state index in [2.05, 4.69) is 10.3 Å². The highest BCUT2D eigenvalue weighted by molar-refractivity contribution is 5.94. The Balaban J connectivity index is 2.15. The van der Waals surface area contributed by atoms with Gasteiger partial charge in [0.05, 0.1) is 24.1 Å². The monoisotopic (exact) mass is 326 g/mol. The highest BCUT2D eigenvalue weighted by Gasteiger charge is 2.20. The number of pyridine rings is 1. The van der Waals surface area contributed by atoms with E-state index in [-0.39, 0.29) is 24.4 Å². The maximum Gasteiger partial charge on any atom is 0.308 e. The maximum absolute atomic E-state index is 12.4. The summed E-state index contributed by atoms with van der Waals surface area (Å²) < 4.78 is 5.20. The number of amides is 1. The Hall–Kier alpha value is -2.69. The number of rotatable bonds is 6. The molecule has 1 N–H and O–H groups in total. The number of hydrogen-bond acceptors (Lipinski definition) is 4. The Kier molecular flexibility index (Phi) is 6.07. The molecule has 0 fully saturated rings. The molecule has 5 heteroatoms. The molecule has 5 nitrogen and oxygen atoms in total. The topological polar surface area (TPSA) is 68.3 Å². The van der Waals surface area contributed by atoms with E-state index < -0.39 is 6.04 Å². The lowest BCUT2D eigenvalue weighted by atomic mass is 10.0. The number of nitrogens with zero attached hydrogens (tertiary/aromatic N) is 1. The largest absolute Gasteiger partial charge is 0.463 e. The molecule has 24 heavy (non-hydrogen) atoms. The minimum Gasteiger partial charge on any atom is -0.463 e. The van der Waals surface area contributed by atoms with Crippen LogP contribution in [0.2, 0.25) is 0 Å². The van der Waals surface area contributed by atoms with Crippen molar-refractivity contribution in [1.82, 2.24) is 10.3 Å². The van der Waals surface area contributed by atoms with E-state index in [0.717, 1.165) is 11.3 Å². The average Bonchev–Trinajstić information content (AvgIpc) is 2.55. The van der Waals surface area contributed by atoms with Gasteiger partial charge in [0.15, 0.2) is 0 Å². The minimum atomic E-state index is -0.453. The van der Waals surface area contributed by atoms with Crippen LogP contribution in [-0.2, 0) is 9.53 Å². The molecule has 0 aliphatic rings. The highest BCUT2D eigenvalue weighted by Crippen LogP contribution is 2.18. The lowest BCUT2D eigenvalue weighted by Crippen LogP contribution is -2.31. The first-order valence-electron chi connectivity index (χ1n) is 7.93. The van der Waals surface area contributed by atoms with E-state index in [1.807, 2.05) is 37.3 Å². The van der Waals surface area contributed by atoms with Crippen molar-refractivity contribution < 1.29 is 14.3 Å². The van der Waals surface area contributed by atoms with E-state index in [1.165, 1.54) is 6.20 Å². The zero-order valence-electron chi connectivity index (χ0n) is 14.2. The molecule has 1 aromatic heterocycles. The first-order chi connectivity index (χ1) is 11.5. The van der Waals surface area contributed by atoms with Crippen molar-refractivity contribution in [2.45, 2.75) is 39.3 Å². The third kappa shape index (κ3) is 5.19. The summed E-state index contributed by atoms with van der Waals surface area (Å²) in [6.07, 6.45) is 1.41. The van der Waals surface area contributed by atoms with Crippen molar-refractivity contribution in [3.05, 3.63) is 65.5 Å². The zero-order valence-corrected chi connectivity index (χ0v) is 14.2. The Bertz CT molecular complexity index is 682. The van der Waals surface area contributed by atoms with E-state index in [4.69, 9.17) is 4.74 Å². The summed E-state index contributed by atoms with van der Waals surface area (Å²) in [4.78, 5) is 28.6. The number of benzene rings is 1. The van der Waals surface area contributed by atoms with E-state index in [9.17, 15) is 9.59 Å². The Morgan fingerprint density at radius 2 is 1.83 bits per heavy atom. The smallest absolute Gasteiger partial charge is 0.308 e. The molecule has 126 valence electrons. The van der Waals surface area contributed by atoms with Crippen LogP contribution in [0.4, 0.5) is 0 Å². The Morgan fingerprint density at radius 1 is 1.12 bits per heavy atom. The van der Waals surface area contributed by atoms with Crippen LogP contribution < -0.4 is 5.32 Å². The summed E-state index contributed by atoms with van der Waals surface area (Å²) in [6.45, 7) is 5.45. The highest BCUT2D eigenvalue weighted by atomic mass is 16.5. The van der Waals surface area contributed by atoms with Crippen LogP contribution in [-0.4, -0.2) is 23.0 Å². The van der Waals surface area contributed by atoms with Crippen LogP contribution in [0, 0.1) is 6.92 Å². The summed E-state index contributed by atoms with van der Waals surface area (Å²) in [5.74, 6) is -0.616. The molecule has 0 spiro atoms. The van der Waals surface area contributed by atoms with Gasteiger partial charge in [0.25, 0.3) is 5.91 Å². The first-order valence-corrected chi connectivity index (χ1v) is 7.93. The zero-order chi connectivity index (χ0) is 17.5. The third-order valence-electron chi connectivity index (χ3n) is 3.42. The lowest BCUT2D eigenvalue weighted by molar-refractivity contribution is -0.147. The summed E-state index contributed by atoms with van der Waals surface area (Å²) in [5, 5.41) is 2.89. The van der Waals surface area contributed by atoms with Crippen LogP contribution in [0.5, 0.6) is 0 Å². The van der Waals surface area contributed by atoms with Crippen molar-refractivity contribution in [3.63, 3.8) is 0 Å². The molecule has 2 aromatic rings. The summed E-state index contributed by atoms with van der Waals surface area (Å²) in [6, 6.07) is 12.4. The molecule has 0 saturated carbocycles. The molecule has 0 radical (unpaired) electrons. The number of esters is 1. The molecule has 1 heterocycles. The Morgan fingerprint density at radius 3 is 2.42 bits per heavy atom. The summed E-state index contributed by atoms with van der Waals surface area (Å²) in [7, 11) is 0. The maximum atomic E-state index is 12.4. The number of ether oxygens (including phenoxy) is 1. The van der Waals surface area contributed by atoms with Crippen molar-refractivity contribution in [2.75, 3.05) is 0 Å². The molecule has 1 unspecified atom stereocenters. The van der Waals surface area contributed by atoms with Crippen LogP contribution in [0.3, 0.4) is 0 Å². The predicted octanol–water partition coefficient (Wildman–Crippen LogP) is 3.20. The number of carbonyl (C=O) groups is 2.